The van der Waals surface area contributed by atoms with Crippen molar-refractivity contribution in [2.75, 3.05) is 209 Å². The fourth-order valence-corrected chi connectivity index (χ4v) is 4.43. The van der Waals surface area contributed by atoms with Gasteiger partial charge in [-0.05, 0) is 5.56 Å². The number of hydrogen-bond donors (Lipinski definition) is 0. The molecule has 0 N–H and O–H groups in total. The van der Waals surface area contributed by atoms with Gasteiger partial charge in [0.2, 0.25) is 0 Å². The van der Waals surface area contributed by atoms with Crippen LogP contribution in [0.25, 0.3) is 0 Å². The summed E-state index contributed by atoms with van der Waals surface area (Å²) in [6.45, 7) is 17.1. The molecule has 0 unspecified atom stereocenters. The van der Waals surface area contributed by atoms with E-state index in [1.54, 1.807) is 0 Å². The molecule has 0 spiro atoms. The van der Waals surface area contributed by atoms with E-state index in [1.807, 2.05) is 30.3 Å². The Morgan fingerprint density at radius 2 is 0.411 bits per heavy atom. The Bertz CT molecular complexity index is 851. The first-order valence-corrected chi connectivity index (χ1v) is 21.3. The standard InChI is InChI=1S/C39H71IO16/c40-6-7-41-8-9-42-10-11-43-12-13-44-14-15-45-16-17-46-18-19-47-20-21-48-22-23-49-24-25-50-26-27-51-28-29-52-30-31-53-32-33-54-34-35-55-36-37-56-38-39-4-2-1-3-5-39/h1-5H,6-38H2. The lowest BCUT2D eigenvalue weighted by atomic mass is 10.2. The minimum atomic E-state index is 0.502. The number of rotatable bonds is 49. The van der Waals surface area contributed by atoms with Crippen LogP contribution in [0.5, 0.6) is 0 Å². The van der Waals surface area contributed by atoms with Crippen molar-refractivity contribution in [1.82, 2.24) is 0 Å². The minimum absolute atomic E-state index is 0.502. The van der Waals surface area contributed by atoms with Gasteiger partial charge in [-0.1, -0.05) is 52.9 Å². The summed E-state index contributed by atoms with van der Waals surface area (Å²) < 4.78 is 88.7. The molecule has 56 heavy (non-hydrogen) atoms. The maximum Gasteiger partial charge on any atom is 0.0718 e. The smallest absolute Gasteiger partial charge is 0.0718 e. The van der Waals surface area contributed by atoms with E-state index in [4.69, 9.17) is 75.8 Å². The Balaban J connectivity index is 1.59. The Hall–Kier alpha value is -0.690. The number of halogens is 1. The molecule has 1 aromatic rings. The molecule has 330 valence electrons. The van der Waals surface area contributed by atoms with E-state index < -0.39 is 0 Å². The van der Waals surface area contributed by atoms with Crippen LogP contribution in [0.15, 0.2) is 30.3 Å². The number of benzene rings is 1. The van der Waals surface area contributed by atoms with Crippen molar-refractivity contribution in [1.29, 1.82) is 0 Å². The third-order valence-corrected chi connectivity index (χ3v) is 7.35. The Morgan fingerprint density at radius 3 is 0.607 bits per heavy atom. The molecule has 1 rings (SSSR count). The molecule has 0 amide bonds. The largest absolute Gasteiger partial charge is 0.378 e. The Labute approximate surface area is 349 Å². The van der Waals surface area contributed by atoms with Crippen LogP contribution < -0.4 is 0 Å². The molecule has 16 nitrogen and oxygen atoms in total. The van der Waals surface area contributed by atoms with Crippen molar-refractivity contribution in [2.45, 2.75) is 6.61 Å². The lowest BCUT2D eigenvalue weighted by Crippen LogP contribution is -2.16. The summed E-state index contributed by atoms with van der Waals surface area (Å²) in [5.41, 5.74) is 1.16. The SMILES string of the molecule is ICCOCCOCCOCCOCCOCCOCCOCCOCCOCCOCCOCCOCCOCCOCCOCCOCc1ccccc1. The van der Waals surface area contributed by atoms with Gasteiger partial charge in [0.1, 0.15) is 0 Å². The van der Waals surface area contributed by atoms with Gasteiger partial charge in [0, 0.05) is 4.43 Å². The van der Waals surface area contributed by atoms with Crippen molar-refractivity contribution in [2.24, 2.45) is 0 Å². The Kier molecular flexibility index (Phi) is 46.4. The fourth-order valence-electron chi connectivity index (χ4n) is 4.12. The summed E-state index contributed by atoms with van der Waals surface area (Å²) in [4.78, 5) is 0. The minimum Gasteiger partial charge on any atom is -0.378 e. The maximum absolute atomic E-state index is 5.57. The maximum atomic E-state index is 5.57. The third-order valence-electron chi connectivity index (χ3n) is 6.91. The molecule has 0 aromatic heterocycles. The van der Waals surface area contributed by atoms with E-state index in [0.29, 0.717) is 205 Å². The molecular weight excluding hydrogens is 851 g/mol. The van der Waals surface area contributed by atoms with Crippen LogP contribution in [0, 0.1) is 0 Å². The summed E-state index contributed by atoms with van der Waals surface area (Å²) in [5.74, 6) is 0. The van der Waals surface area contributed by atoms with E-state index in [-0.39, 0.29) is 0 Å². The molecule has 17 heteroatoms. The first-order chi connectivity index (χ1) is 27.9. The molecule has 0 saturated heterocycles. The van der Waals surface area contributed by atoms with Gasteiger partial charge in [-0.25, -0.2) is 0 Å². The van der Waals surface area contributed by atoms with Gasteiger partial charge >= 0.3 is 0 Å². The monoisotopic (exact) mass is 922 g/mol. The average Bonchev–Trinajstić information content (AvgIpc) is 3.22. The molecule has 0 aliphatic rings. The quantitative estimate of drug-likeness (QED) is 0.0536. The average molecular weight is 923 g/mol. The first kappa shape index (κ1) is 53.3. The van der Waals surface area contributed by atoms with Crippen molar-refractivity contribution in [3.8, 4) is 0 Å². The summed E-state index contributed by atoms with van der Waals surface area (Å²) in [6.07, 6.45) is 0. The topological polar surface area (TPSA) is 148 Å². The van der Waals surface area contributed by atoms with E-state index in [0.717, 1.165) is 16.6 Å². The van der Waals surface area contributed by atoms with Gasteiger partial charge in [-0.3, -0.25) is 0 Å². The molecule has 0 fully saturated rings. The summed E-state index contributed by atoms with van der Waals surface area (Å²) >= 11 is 2.28. The molecule has 0 saturated carbocycles. The van der Waals surface area contributed by atoms with E-state index >= 15 is 0 Å². The number of hydrogen-bond acceptors (Lipinski definition) is 16. The molecular formula is C39H71IO16. The molecule has 1 aromatic carbocycles. The van der Waals surface area contributed by atoms with Crippen molar-refractivity contribution >= 4 is 22.6 Å². The van der Waals surface area contributed by atoms with E-state index in [9.17, 15) is 0 Å². The lowest BCUT2D eigenvalue weighted by Gasteiger charge is -2.09. The second kappa shape index (κ2) is 48.7. The van der Waals surface area contributed by atoms with Crippen molar-refractivity contribution in [3.05, 3.63) is 35.9 Å². The zero-order valence-corrected chi connectivity index (χ0v) is 35.8. The zero-order valence-electron chi connectivity index (χ0n) is 33.6. The predicted octanol–water partition coefficient (Wildman–Crippen LogP) is 2.89. The van der Waals surface area contributed by atoms with Crippen LogP contribution in [-0.2, 0) is 82.4 Å². The summed E-state index contributed by atoms with van der Waals surface area (Å²) in [5, 5.41) is 0. The van der Waals surface area contributed by atoms with Gasteiger partial charge < -0.3 is 75.8 Å². The molecule has 0 bridgehead atoms. The molecule has 0 radical (unpaired) electrons. The van der Waals surface area contributed by atoms with Crippen LogP contribution in [-0.4, -0.2) is 209 Å². The van der Waals surface area contributed by atoms with Gasteiger partial charge in [-0.15, -0.1) is 0 Å². The van der Waals surface area contributed by atoms with Crippen LogP contribution in [0.2, 0.25) is 0 Å². The highest BCUT2D eigenvalue weighted by atomic mass is 127. The molecule has 0 heterocycles. The number of ether oxygens (including phenoxy) is 16. The lowest BCUT2D eigenvalue weighted by molar-refractivity contribution is -0.0304. The van der Waals surface area contributed by atoms with E-state index in [1.165, 1.54) is 0 Å². The predicted molar refractivity (Wildman–Crippen MR) is 217 cm³/mol. The normalized spacial score (nSPS) is 11.6. The second-order valence-corrected chi connectivity index (χ2v) is 12.5. The van der Waals surface area contributed by atoms with Crippen LogP contribution in [0.4, 0.5) is 0 Å². The van der Waals surface area contributed by atoms with Crippen LogP contribution in [0.1, 0.15) is 5.56 Å². The first-order valence-electron chi connectivity index (χ1n) is 19.8. The molecule has 0 atom stereocenters. The van der Waals surface area contributed by atoms with E-state index in [2.05, 4.69) is 22.6 Å². The van der Waals surface area contributed by atoms with Crippen LogP contribution in [0.3, 0.4) is 0 Å². The van der Waals surface area contributed by atoms with Gasteiger partial charge in [0.05, 0.1) is 211 Å². The fraction of sp³-hybridized carbons (Fsp3) is 0.846. The second-order valence-electron chi connectivity index (χ2n) is 11.4. The number of alkyl halides is 1. The zero-order chi connectivity index (χ0) is 39.8. The highest BCUT2D eigenvalue weighted by Crippen LogP contribution is 2.00. The van der Waals surface area contributed by atoms with Crippen molar-refractivity contribution in [3.63, 3.8) is 0 Å². The van der Waals surface area contributed by atoms with Crippen LogP contribution >= 0.6 is 22.6 Å². The molecule has 0 aliphatic carbocycles. The Morgan fingerprint density at radius 1 is 0.232 bits per heavy atom. The summed E-state index contributed by atoms with van der Waals surface area (Å²) in [6, 6.07) is 10.1. The van der Waals surface area contributed by atoms with Gasteiger partial charge in [-0.2, -0.15) is 0 Å². The summed E-state index contributed by atoms with van der Waals surface area (Å²) in [7, 11) is 0. The third kappa shape index (κ3) is 44.4. The molecule has 0 aliphatic heterocycles. The van der Waals surface area contributed by atoms with Crippen molar-refractivity contribution < 1.29 is 75.8 Å². The highest BCUT2D eigenvalue weighted by Gasteiger charge is 1.98. The van der Waals surface area contributed by atoms with Gasteiger partial charge in [0.15, 0.2) is 0 Å². The van der Waals surface area contributed by atoms with Gasteiger partial charge in [0.25, 0.3) is 0 Å². The highest BCUT2D eigenvalue weighted by molar-refractivity contribution is 14.1.